The van der Waals surface area contributed by atoms with Crippen molar-refractivity contribution in [3.05, 3.63) is 28.2 Å². The lowest BCUT2D eigenvalue weighted by Crippen LogP contribution is -2.39. The first kappa shape index (κ1) is 21.9. The second-order valence-electron chi connectivity index (χ2n) is 7.98. The Kier molecular flexibility index (Phi) is 6.40. The summed E-state index contributed by atoms with van der Waals surface area (Å²) in [5.74, 6) is 0.370. The third-order valence-corrected chi connectivity index (χ3v) is 5.90. The standard InChI is InChI=1S/C19H25F2N5O2.ClH/c1-19(28)6-2-3-14(19)26-16-11(9-13(15(20)21)17(26)27)10-23-18(25-16)24-12-4-7-22-8-5-12;/h9-10,12,14-15,22,28H,2-8H2,1H3,(H,23,24,25);1H/t14-,19-;/m1./s1. The van der Waals surface area contributed by atoms with E-state index in [1.807, 2.05) is 0 Å². The molecule has 7 nitrogen and oxygen atoms in total. The van der Waals surface area contributed by atoms with E-state index in [1.54, 1.807) is 6.92 Å². The fourth-order valence-corrected chi connectivity index (χ4v) is 4.34. The molecule has 2 aromatic rings. The quantitative estimate of drug-likeness (QED) is 0.692. The molecule has 0 aromatic carbocycles. The number of alkyl halides is 2. The summed E-state index contributed by atoms with van der Waals surface area (Å²) < 4.78 is 28.2. The van der Waals surface area contributed by atoms with Crippen molar-refractivity contribution in [1.29, 1.82) is 0 Å². The van der Waals surface area contributed by atoms with Gasteiger partial charge in [0.15, 0.2) is 0 Å². The van der Waals surface area contributed by atoms with Crippen LogP contribution in [0, 0.1) is 0 Å². The molecular formula is C19H26ClF2N5O2. The van der Waals surface area contributed by atoms with Crippen LogP contribution in [0.3, 0.4) is 0 Å². The van der Waals surface area contributed by atoms with Gasteiger partial charge in [0.2, 0.25) is 5.95 Å². The summed E-state index contributed by atoms with van der Waals surface area (Å²) in [6.07, 6.45) is 2.19. The molecule has 1 saturated heterocycles. The SMILES string of the molecule is C[C@@]1(O)CCC[C@H]1n1c(=O)c(C(F)F)cc2cnc(NC3CCNCC3)nc21.Cl. The van der Waals surface area contributed by atoms with Gasteiger partial charge in [-0.1, -0.05) is 0 Å². The van der Waals surface area contributed by atoms with E-state index >= 15 is 0 Å². The van der Waals surface area contributed by atoms with Crippen LogP contribution in [0.4, 0.5) is 14.7 Å². The summed E-state index contributed by atoms with van der Waals surface area (Å²) in [6, 6.07) is 0.785. The highest BCUT2D eigenvalue weighted by Crippen LogP contribution is 2.39. The number of anilines is 1. The van der Waals surface area contributed by atoms with Crippen molar-refractivity contribution in [2.45, 2.75) is 63.1 Å². The molecule has 2 aliphatic rings. The predicted molar refractivity (Wildman–Crippen MR) is 109 cm³/mol. The first-order chi connectivity index (χ1) is 13.4. The van der Waals surface area contributed by atoms with Crippen LogP contribution < -0.4 is 16.2 Å². The van der Waals surface area contributed by atoms with Gasteiger partial charge < -0.3 is 15.7 Å². The molecule has 29 heavy (non-hydrogen) atoms. The first-order valence-corrected chi connectivity index (χ1v) is 9.77. The van der Waals surface area contributed by atoms with Gasteiger partial charge in [0.05, 0.1) is 17.2 Å². The van der Waals surface area contributed by atoms with Gasteiger partial charge in [0, 0.05) is 17.6 Å². The number of nitrogens with zero attached hydrogens (tertiary/aromatic N) is 3. The highest BCUT2D eigenvalue weighted by Gasteiger charge is 2.40. The Labute approximate surface area is 173 Å². The van der Waals surface area contributed by atoms with Crippen LogP contribution in [-0.2, 0) is 0 Å². The maximum atomic E-state index is 13.5. The lowest BCUT2D eigenvalue weighted by molar-refractivity contribution is 0.0261. The maximum Gasteiger partial charge on any atom is 0.269 e. The van der Waals surface area contributed by atoms with Gasteiger partial charge in [-0.15, -0.1) is 12.4 Å². The Morgan fingerprint density at radius 3 is 2.69 bits per heavy atom. The molecule has 3 heterocycles. The number of nitrogens with one attached hydrogen (secondary N) is 2. The normalized spacial score (nSPS) is 25.3. The van der Waals surface area contributed by atoms with Gasteiger partial charge in [-0.3, -0.25) is 9.36 Å². The lowest BCUT2D eigenvalue weighted by atomic mass is 9.99. The molecule has 0 radical (unpaired) electrons. The zero-order chi connectivity index (χ0) is 19.9. The molecule has 10 heteroatoms. The van der Waals surface area contributed by atoms with Crippen LogP contribution in [0.1, 0.15) is 57.1 Å². The van der Waals surface area contributed by atoms with Crippen LogP contribution in [0.25, 0.3) is 11.0 Å². The molecule has 1 aliphatic heterocycles. The van der Waals surface area contributed by atoms with E-state index in [-0.39, 0.29) is 24.1 Å². The maximum absolute atomic E-state index is 13.5. The van der Waals surface area contributed by atoms with Crippen molar-refractivity contribution in [2.75, 3.05) is 18.4 Å². The van der Waals surface area contributed by atoms with Gasteiger partial charge in [0.1, 0.15) is 5.65 Å². The predicted octanol–water partition coefficient (Wildman–Crippen LogP) is 2.79. The van der Waals surface area contributed by atoms with Crippen molar-refractivity contribution in [1.82, 2.24) is 19.9 Å². The van der Waals surface area contributed by atoms with Crippen LogP contribution >= 0.6 is 12.4 Å². The Bertz CT molecular complexity index is 931. The summed E-state index contributed by atoms with van der Waals surface area (Å²) in [5, 5.41) is 17.7. The van der Waals surface area contributed by atoms with Crippen molar-refractivity contribution in [3.8, 4) is 0 Å². The van der Waals surface area contributed by atoms with Gasteiger partial charge in [-0.05, 0) is 58.2 Å². The number of hydrogen-bond donors (Lipinski definition) is 3. The average Bonchev–Trinajstić information content (AvgIpc) is 3.00. The topological polar surface area (TPSA) is 92.1 Å². The van der Waals surface area contributed by atoms with Crippen molar-refractivity contribution >= 4 is 29.4 Å². The Balaban J connectivity index is 0.00000240. The van der Waals surface area contributed by atoms with Crippen LogP contribution in [-0.4, -0.2) is 44.4 Å². The average molecular weight is 430 g/mol. The summed E-state index contributed by atoms with van der Waals surface area (Å²) >= 11 is 0. The third kappa shape index (κ3) is 4.22. The molecule has 4 rings (SSSR count). The molecule has 1 saturated carbocycles. The molecule has 3 N–H and O–H groups in total. The van der Waals surface area contributed by atoms with E-state index in [0.29, 0.717) is 24.2 Å². The van der Waals surface area contributed by atoms with E-state index in [2.05, 4.69) is 20.6 Å². The number of hydrogen-bond acceptors (Lipinski definition) is 6. The Morgan fingerprint density at radius 2 is 2.07 bits per heavy atom. The van der Waals surface area contributed by atoms with Gasteiger partial charge in [-0.2, -0.15) is 4.98 Å². The monoisotopic (exact) mass is 429 g/mol. The van der Waals surface area contributed by atoms with E-state index in [0.717, 1.165) is 38.4 Å². The van der Waals surface area contributed by atoms with E-state index in [4.69, 9.17) is 0 Å². The summed E-state index contributed by atoms with van der Waals surface area (Å²) in [6.45, 7) is 3.45. The van der Waals surface area contributed by atoms with Crippen LogP contribution in [0.5, 0.6) is 0 Å². The zero-order valence-electron chi connectivity index (χ0n) is 16.2. The number of aliphatic hydroxyl groups is 1. The summed E-state index contributed by atoms with van der Waals surface area (Å²) in [7, 11) is 0. The fourth-order valence-electron chi connectivity index (χ4n) is 4.34. The van der Waals surface area contributed by atoms with Gasteiger partial charge in [0.25, 0.3) is 12.0 Å². The van der Waals surface area contributed by atoms with Crippen molar-refractivity contribution < 1.29 is 13.9 Å². The van der Waals surface area contributed by atoms with Crippen molar-refractivity contribution in [3.63, 3.8) is 0 Å². The summed E-state index contributed by atoms with van der Waals surface area (Å²) in [5.41, 5.74) is -2.24. The van der Waals surface area contributed by atoms with Crippen LogP contribution in [0.2, 0.25) is 0 Å². The number of aromatic nitrogens is 3. The van der Waals surface area contributed by atoms with Gasteiger partial charge >= 0.3 is 0 Å². The fraction of sp³-hybridized carbons (Fsp3) is 0.632. The lowest BCUT2D eigenvalue weighted by Gasteiger charge is -2.29. The highest BCUT2D eigenvalue weighted by molar-refractivity contribution is 5.85. The number of fused-ring (bicyclic) bond motifs is 1. The molecule has 1 aliphatic carbocycles. The van der Waals surface area contributed by atoms with E-state index in [1.165, 1.54) is 10.8 Å². The molecule has 160 valence electrons. The molecule has 0 unspecified atom stereocenters. The molecule has 2 atom stereocenters. The molecular weight excluding hydrogens is 404 g/mol. The Morgan fingerprint density at radius 1 is 1.34 bits per heavy atom. The van der Waals surface area contributed by atoms with Crippen molar-refractivity contribution in [2.24, 2.45) is 0 Å². The zero-order valence-corrected chi connectivity index (χ0v) is 17.0. The first-order valence-electron chi connectivity index (χ1n) is 9.77. The smallest absolute Gasteiger partial charge is 0.269 e. The molecule has 0 bridgehead atoms. The molecule has 2 fully saturated rings. The molecule has 0 spiro atoms. The minimum atomic E-state index is -2.90. The van der Waals surface area contributed by atoms with Gasteiger partial charge in [-0.25, -0.2) is 13.8 Å². The number of rotatable bonds is 4. The highest BCUT2D eigenvalue weighted by atomic mass is 35.5. The van der Waals surface area contributed by atoms with Crippen LogP contribution in [0.15, 0.2) is 17.1 Å². The minimum absolute atomic E-state index is 0. The summed E-state index contributed by atoms with van der Waals surface area (Å²) in [4.78, 5) is 21.7. The number of halogens is 3. The second-order valence-corrected chi connectivity index (χ2v) is 7.98. The molecule has 2 aromatic heterocycles. The number of piperidine rings is 1. The molecule has 0 amide bonds. The number of pyridine rings is 1. The minimum Gasteiger partial charge on any atom is -0.388 e. The Hall–Kier alpha value is -1.84. The largest absolute Gasteiger partial charge is 0.388 e. The third-order valence-electron chi connectivity index (χ3n) is 5.90. The van der Waals surface area contributed by atoms with E-state index in [9.17, 15) is 18.7 Å². The second kappa shape index (κ2) is 8.49. The van der Waals surface area contributed by atoms with E-state index < -0.39 is 29.2 Å².